The van der Waals surface area contributed by atoms with E-state index < -0.39 is 28.6 Å². The zero-order valence-electron chi connectivity index (χ0n) is 16.1. The van der Waals surface area contributed by atoms with Crippen molar-refractivity contribution in [3.63, 3.8) is 0 Å². The molecule has 0 fully saturated rings. The second kappa shape index (κ2) is 7.61. The predicted octanol–water partition coefficient (Wildman–Crippen LogP) is 1.51. The molecule has 0 saturated heterocycles. The van der Waals surface area contributed by atoms with Crippen molar-refractivity contribution in [1.82, 2.24) is 4.31 Å². The van der Waals surface area contributed by atoms with Gasteiger partial charge in [-0.2, -0.15) is 4.31 Å². The van der Waals surface area contributed by atoms with Crippen LogP contribution in [0.1, 0.15) is 16.7 Å². The zero-order valence-corrected chi connectivity index (χ0v) is 16.9. The summed E-state index contributed by atoms with van der Waals surface area (Å²) >= 11 is 0. The average Bonchev–Trinajstić information content (AvgIpc) is 3.14. The van der Waals surface area contributed by atoms with Crippen molar-refractivity contribution in [2.75, 3.05) is 24.3 Å². The number of esters is 1. The molecule has 2 aliphatic heterocycles. The first kappa shape index (κ1) is 19.6. The Balaban J connectivity index is 1.47. The number of anilines is 1. The Labute approximate surface area is 169 Å². The van der Waals surface area contributed by atoms with Gasteiger partial charge in [0.1, 0.15) is 6.04 Å². The Hall–Kier alpha value is -2.71. The lowest BCUT2D eigenvalue weighted by Gasteiger charge is -2.33. The number of carbonyl (C=O) groups excluding carboxylic acids is 2. The van der Waals surface area contributed by atoms with Crippen LogP contribution in [-0.2, 0) is 43.7 Å². The smallest absolute Gasteiger partial charge is 0.325 e. The van der Waals surface area contributed by atoms with E-state index in [2.05, 4.69) is 0 Å². The van der Waals surface area contributed by atoms with E-state index in [1.54, 1.807) is 4.90 Å². The first-order valence-corrected chi connectivity index (χ1v) is 11.3. The normalized spacial score (nSPS) is 18.8. The van der Waals surface area contributed by atoms with Gasteiger partial charge in [0.2, 0.25) is 10.0 Å². The third-order valence-corrected chi connectivity index (χ3v) is 6.67. The van der Waals surface area contributed by atoms with E-state index in [1.807, 2.05) is 48.5 Å². The van der Waals surface area contributed by atoms with Gasteiger partial charge in [0.15, 0.2) is 6.61 Å². The molecule has 1 atom stereocenters. The fourth-order valence-electron chi connectivity index (χ4n) is 3.95. The van der Waals surface area contributed by atoms with Crippen molar-refractivity contribution in [2.24, 2.45) is 0 Å². The molecule has 2 aromatic rings. The van der Waals surface area contributed by atoms with Crippen LogP contribution >= 0.6 is 0 Å². The Bertz CT molecular complexity index is 1070. The summed E-state index contributed by atoms with van der Waals surface area (Å²) in [6, 6.07) is 14.1. The van der Waals surface area contributed by atoms with Gasteiger partial charge in [-0.05, 0) is 29.2 Å². The fourth-order valence-corrected chi connectivity index (χ4v) is 4.95. The standard InChI is InChI=1S/C21H22N2O5S/c1-29(26,27)23-13-17-8-3-2-7-16(17)12-19(23)21(25)28-14-20(24)22-11-10-15-6-4-5-9-18(15)22/h2-9,19H,10-14H2,1H3/t19-/m0/s1. The number of fused-ring (bicyclic) bond motifs is 2. The molecule has 4 rings (SSSR count). The molecular weight excluding hydrogens is 392 g/mol. The van der Waals surface area contributed by atoms with Gasteiger partial charge in [-0.1, -0.05) is 42.5 Å². The first-order chi connectivity index (χ1) is 13.8. The quantitative estimate of drug-likeness (QED) is 0.708. The van der Waals surface area contributed by atoms with Crippen molar-refractivity contribution in [3.05, 3.63) is 65.2 Å². The highest BCUT2D eigenvalue weighted by molar-refractivity contribution is 7.88. The zero-order chi connectivity index (χ0) is 20.6. The Morgan fingerprint density at radius 1 is 1.03 bits per heavy atom. The summed E-state index contributed by atoms with van der Waals surface area (Å²) in [5.41, 5.74) is 3.69. The minimum absolute atomic E-state index is 0.113. The summed E-state index contributed by atoms with van der Waals surface area (Å²) in [5.74, 6) is -1.02. The van der Waals surface area contributed by atoms with E-state index in [0.29, 0.717) is 6.54 Å². The van der Waals surface area contributed by atoms with Gasteiger partial charge in [0, 0.05) is 25.2 Å². The molecule has 0 unspecified atom stereocenters. The summed E-state index contributed by atoms with van der Waals surface area (Å²) in [6.07, 6.45) is 2.06. The molecule has 0 aliphatic carbocycles. The highest BCUT2D eigenvalue weighted by atomic mass is 32.2. The molecule has 2 heterocycles. The van der Waals surface area contributed by atoms with E-state index in [9.17, 15) is 18.0 Å². The van der Waals surface area contributed by atoms with Crippen LogP contribution in [0, 0.1) is 0 Å². The molecular formula is C21H22N2O5S. The lowest BCUT2D eigenvalue weighted by Crippen LogP contribution is -2.49. The number of amides is 1. The van der Waals surface area contributed by atoms with Crippen LogP contribution in [0.4, 0.5) is 5.69 Å². The number of rotatable bonds is 4. The largest absolute Gasteiger partial charge is 0.454 e. The maximum atomic E-state index is 12.7. The maximum absolute atomic E-state index is 12.7. The monoisotopic (exact) mass is 414 g/mol. The molecule has 0 saturated carbocycles. The molecule has 152 valence electrons. The topological polar surface area (TPSA) is 84.0 Å². The SMILES string of the molecule is CS(=O)(=O)N1Cc2ccccc2C[C@H]1C(=O)OCC(=O)N1CCc2ccccc21. The Kier molecular flexibility index (Phi) is 5.14. The molecule has 2 aliphatic rings. The van der Waals surface area contributed by atoms with Gasteiger partial charge in [0.05, 0.1) is 6.26 Å². The van der Waals surface area contributed by atoms with Gasteiger partial charge < -0.3 is 9.64 Å². The van der Waals surface area contributed by atoms with Gasteiger partial charge in [-0.15, -0.1) is 0 Å². The van der Waals surface area contributed by atoms with Gasteiger partial charge in [-0.25, -0.2) is 8.42 Å². The number of hydrogen-bond donors (Lipinski definition) is 0. The minimum Gasteiger partial charge on any atom is -0.454 e. The lowest BCUT2D eigenvalue weighted by molar-refractivity contribution is -0.152. The fraction of sp³-hybridized carbons (Fsp3) is 0.333. The van der Waals surface area contributed by atoms with Gasteiger partial charge in [-0.3, -0.25) is 9.59 Å². The van der Waals surface area contributed by atoms with Crippen molar-refractivity contribution in [3.8, 4) is 0 Å². The van der Waals surface area contributed by atoms with Crippen LogP contribution in [0.2, 0.25) is 0 Å². The second-order valence-corrected chi connectivity index (χ2v) is 9.26. The summed E-state index contributed by atoms with van der Waals surface area (Å²) in [7, 11) is -3.62. The van der Waals surface area contributed by atoms with Crippen LogP contribution in [0.25, 0.3) is 0 Å². The maximum Gasteiger partial charge on any atom is 0.325 e. The van der Waals surface area contributed by atoms with Crippen molar-refractivity contribution < 1.29 is 22.7 Å². The van der Waals surface area contributed by atoms with Gasteiger partial charge >= 0.3 is 5.97 Å². The van der Waals surface area contributed by atoms with Crippen LogP contribution in [0.15, 0.2) is 48.5 Å². The third kappa shape index (κ3) is 3.90. The van der Waals surface area contributed by atoms with E-state index in [1.165, 1.54) is 0 Å². The number of ether oxygens (including phenoxy) is 1. The second-order valence-electron chi connectivity index (χ2n) is 7.33. The molecule has 29 heavy (non-hydrogen) atoms. The van der Waals surface area contributed by atoms with Crippen molar-refractivity contribution >= 4 is 27.6 Å². The van der Waals surface area contributed by atoms with E-state index >= 15 is 0 Å². The number of carbonyl (C=O) groups is 2. The molecule has 7 nitrogen and oxygen atoms in total. The van der Waals surface area contributed by atoms with E-state index in [0.717, 1.165) is 39.4 Å². The predicted molar refractivity (Wildman–Crippen MR) is 108 cm³/mol. The Morgan fingerprint density at radius 3 is 2.41 bits per heavy atom. The molecule has 0 bridgehead atoms. The number of nitrogens with zero attached hydrogens (tertiary/aromatic N) is 2. The molecule has 0 aromatic heterocycles. The van der Waals surface area contributed by atoms with Crippen LogP contribution < -0.4 is 4.90 Å². The van der Waals surface area contributed by atoms with Crippen molar-refractivity contribution in [2.45, 2.75) is 25.4 Å². The highest BCUT2D eigenvalue weighted by Gasteiger charge is 2.38. The summed E-state index contributed by atoms with van der Waals surface area (Å²) in [5, 5.41) is 0. The number of benzene rings is 2. The summed E-state index contributed by atoms with van der Waals surface area (Å²) in [6.45, 7) is 0.243. The molecule has 0 radical (unpaired) electrons. The number of para-hydroxylation sites is 1. The van der Waals surface area contributed by atoms with Gasteiger partial charge in [0.25, 0.3) is 5.91 Å². The molecule has 1 amide bonds. The number of sulfonamides is 1. The summed E-state index contributed by atoms with van der Waals surface area (Å²) < 4.78 is 30.9. The van der Waals surface area contributed by atoms with Crippen LogP contribution in [-0.4, -0.2) is 50.0 Å². The third-order valence-electron chi connectivity index (χ3n) is 5.43. The van der Waals surface area contributed by atoms with Crippen LogP contribution in [0.5, 0.6) is 0 Å². The molecule has 0 spiro atoms. The molecule has 0 N–H and O–H groups in total. The van der Waals surface area contributed by atoms with E-state index in [4.69, 9.17) is 4.74 Å². The van der Waals surface area contributed by atoms with Crippen molar-refractivity contribution in [1.29, 1.82) is 0 Å². The average molecular weight is 414 g/mol. The van der Waals surface area contributed by atoms with E-state index in [-0.39, 0.29) is 18.9 Å². The highest BCUT2D eigenvalue weighted by Crippen LogP contribution is 2.28. The lowest BCUT2D eigenvalue weighted by atomic mass is 9.96. The van der Waals surface area contributed by atoms with Crippen LogP contribution in [0.3, 0.4) is 0 Å². The minimum atomic E-state index is -3.62. The first-order valence-electron chi connectivity index (χ1n) is 9.43. The summed E-state index contributed by atoms with van der Waals surface area (Å²) in [4.78, 5) is 26.9. The Morgan fingerprint density at radius 2 is 1.69 bits per heavy atom. The molecule has 2 aromatic carbocycles. The number of hydrogen-bond acceptors (Lipinski definition) is 5. The molecule has 8 heteroatoms.